The Hall–Kier alpha value is -1.75. The van der Waals surface area contributed by atoms with Gasteiger partial charge < -0.3 is 30.1 Å². The number of hydrogen-bond donors (Lipinski definition) is 3. The molecule has 10 heteroatoms. The molecule has 4 aliphatic rings. The molecule has 4 aliphatic heterocycles. The molecule has 0 aromatic carbocycles. The zero-order valence-corrected chi connectivity index (χ0v) is 23.0. The van der Waals surface area contributed by atoms with Crippen molar-refractivity contribution in [3.05, 3.63) is 0 Å². The van der Waals surface area contributed by atoms with E-state index < -0.39 is 35.1 Å². The van der Waals surface area contributed by atoms with Gasteiger partial charge >= 0.3 is 0 Å². The molecule has 0 saturated carbocycles. The summed E-state index contributed by atoms with van der Waals surface area (Å²) < 4.78 is 12.2. The maximum absolute atomic E-state index is 14.2. The van der Waals surface area contributed by atoms with Crippen LogP contribution in [0.1, 0.15) is 59.8 Å². The molecular formula is C27H46N4O6. The number of hydrogen-bond acceptors (Lipinski definition) is 7. The molecule has 4 rings (SSSR count). The Morgan fingerprint density at radius 1 is 1.11 bits per heavy atom. The van der Waals surface area contributed by atoms with Crippen LogP contribution in [0.5, 0.6) is 0 Å². The van der Waals surface area contributed by atoms with Crippen LogP contribution in [0.15, 0.2) is 0 Å². The third kappa shape index (κ3) is 4.79. The van der Waals surface area contributed by atoms with Crippen molar-refractivity contribution in [3.63, 3.8) is 0 Å². The van der Waals surface area contributed by atoms with Crippen LogP contribution in [0.3, 0.4) is 0 Å². The highest BCUT2D eigenvalue weighted by Gasteiger charge is 2.79. The van der Waals surface area contributed by atoms with Gasteiger partial charge in [0.05, 0.1) is 43.3 Å². The number of carbonyl (C=O) groups excluding carboxylic acids is 3. The Balaban J connectivity index is 1.65. The first-order valence-corrected chi connectivity index (χ1v) is 14.3. The minimum Gasteiger partial charge on any atom is -0.394 e. The molecule has 2 unspecified atom stereocenters. The van der Waals surface area contributed by atoms with Gasteiger partial charge in [-0.25, -0.2) is 0 Å². The summed E-state index contributed by atoms with van der Waals surface area (Å²) in [5.74, 6) is -2.05. The fraction of sp³-hybridized carbons (Fsp3) is 0.889. The van der Waals surface area contributed by atoms with E-state index in [2.05, 4.69) is 15.5 Å². The van der Waals surface area contributed by atoms with Gasteiger partial charge in [-0.3, -0.25) is 19.3 Å². The fourth-order valence-corrected chi connectivity index (χ4v) is 7.14. The lowest BCUT2D eigenvalue weighted by Gasteiger charge is -2.39. The lowest BCUT2D eigenvalue weighted by atomic mass is 9.65. The number of ether oxygens (including phenoxy) is 2. The summed E-state index contributed by atoms with van der Waals surface area (Å²) in [6.45, 7) is 12.5. The highest BCUT2D eigenvalue weighted by molar-refractivity contribution is 5.99. The van der Waals surface area contributed by atoms with Crippen molar-refractivity contribution in [1.29, 1.82) is 0 Å². The second kappa shape index (κ2) is 11.6. The summed E-state index contributed by atoms with van der Waals surface area (Å²) in [6.07, 6.45) is 3.33. The van der Waals surface area contributed by atoms with Gasteiger partial charge in [-0.2, -0.15) is 0 Å². The summed E-state index contributed by atoms with van der Waals surface area (Å²) in [5, 5.41) is 16.5. The highest BCUT2D eigenvalue weighted by Crippen LogP contribution is 2.64. The summed E-state index contributed by atoms with van der Waals surface area (Å²) in [6, 6.07) is -1.40. The molecule has 210 valence electrons. The van der Waals surface area contributed by atoms with Crippen molar-refractivity contribution in [1.82, 2.24) is 20.4 Å². The zero-order chi connectivity index (χ0) is 26.8. The number of carbonyl (C=O) groups is 3. The van der Waals surface area contributed by atoms with Crippen LogP contribution in [0.25, 0.3) is 0 Å². The van der Waals surface area contributed by atoms with E-state index in [0.29, 0.717) is 52.1 Å². The predicted molar refractivity (Wildman–Crippen MR) is 138 cm³/mol. The SMILES string of the molecule is CCCNC(=O)[C@@H]1[C@H]2C(=O)N([C@@H](CO)[C@@H](C)CC)C(C(=O)NCCN3CCOCC3)C23CC[C@@]1(CC)O3. The van der Waals surface area contributed by atoms with Crippen molar-refractivity contribution in [3.8, 4) is 0 Å². The molecule has 3 amide bonds. The lowest BCUT2D eigenvalue weighted by Crippen LogP contribution is -2.59. The molecular weight excluding hydrogens is 476 g/mol. The monoisotopic (exact) mass is 522 g/mol. The molecule has 7 atom stereocenters. The Bertz CT molecular complexity index is 851. The van der Waals surface area contributed by atoms with Gasteiger partial charge in [-0.05, 0) is 31.6 Å². The summed E-state index contributed by atoms with van der Waals surface area (Å²) in [5.41, 5.74) is -1.81. The molecule has 0 radical (unpaired) electrons. The van der Waals surface area contributed by atoms with Gasteiger partial charge in [0.1, 0.15) is 11.6 Å². The van der Waals surface area contributed by atoms with Crippen molar-refractivity contribution in [2.45, 2.75) is 83.1 Å². The van der Waals surface area contributed by atoms with Crippen LogP contribution < -0.4 is 10.6 Å². The zero-order valence-electron chi connectivity index (χ0n) is 23.0. The molecule has 0 aromatic heterocycles. The van der Waals surface area contributed by atoms with Crippen molar-refractivity contribution in [2.75, 3.05) is 52.5 Å². The number of likely N-dealkylation sites (tertiary alicyclic amines) is 1. The molecule has 4 saturated heterocycles. The van der Waals surface area contributed by atoms with E-state index in [9.17, 15) is 19.5 Å². The number of nitrogens with zero attached hydrogens (tertiary/aromatic N) is 2. The predicted octanol–water partition coefficient (Wildman–Crippen LogP) is 0.523. The summed E-state index contributed by atoms with van der Waals surface area (Å²) >= 11 is 0. The van der Waals surface area contributed by atoms with E-state index in [-0.39, 0.29) is 30.2 Å². The first-order valence-electron chi connectivity index (χ1n) is 14.3. The summed E-state index contributed by atoms with van der Waals surface area (Å²) in [4.78, 5) is 45.5. The number of aliphatic hydroxyl groups excluding tert-OH is 1. The molecule has 10 nitrogen and oxygen atoms in total. The first-order chi connectivity index (χ1) is 17.8. The Morgan fingerprint density at radius 2 is 1.81 bits per heavy atom. The average molecular weight is 523 g/mol. The largest absolute Gasteiger partial charge is 0.394 e. The highest BCUT2D eigenvalue weighted by atomic mass is 16.5. The minimum absolute atomic E-state index is 0.0162. The third-order valence-electron chi connectivity index (χ3n) is 9.37. The van der Waals surface area contributed by atoms with Gasteiger partial charge in [-0.1, -0.05) is 34.1 Å². The number of aliphatic hydroxyl groups is 1. The topological polar surface area (TPSA) is 120 Å². The molecule has 2 bridgehead atoms. The second-order valence-corrected chi connectivity index (χ2v) is 11.3. The van der Waals surface area contributed by atoms with Crippen LogP contribution in [0.4, 0.5) is 0 Å². The number of amides is 3. The Morgan fingerprint density at radius 3 is 2.43 bits per heavy atom. The molecule has 4 heterocycles. The summed E-state index contributed by atoms with van der Waals surface area (Å²) in [7, 11) is 0. The second-order valence-electron chi connectivity index (χ2n) is 11.3. The quantitative estimate of drug-likeness (QED) is 0.342. The maximum Gasteiger partial charge on any atom is 0.245 e. The van der Waals surface area contributed by atoms with Gasteiger partial charge in [-0.15, -0.1) is 0 Å². The molecule has 1 spiro atoms. The van der Waals surface area contributed by atoms with E-state index in [1.54, 1.807) is 4.90 Å². The molecule has 37 heavy (non-hydrogen) atoms. The van der Waals surface area contributed by atoms with Gasteiger partial charge in [0, 0.05) is 32.7 Å². The number of fused-ring (bicyclic) bond motifs is 1. The minimum atomic E-state index is -1.06. The average Bonchev–Trinajstić information content (AvgIpc) is 3.52. The number of nitrogens with one attached hydrogen (secondary N) is 2. The van der Waals surface area contributed by atoms with Crippen LogP contribution in [0.2, 0.25) is 0 Å². The Labute approximate surface area is 220 Å². The standard InChI is InChI=1S/C27H46N4O6/c1-5-10-28-23(33)20-21-25(35)31(19(17-32)18(4)6-2)22(27(21)9-8-26(20,7-3)37-27)24(34)29-11-12-30-13-15-36-16-14-30/h18-22,32H,5-17H2,1-4H3,(H,28,33)(H,29,34)/t18-,19-,20-,21-,22?,26+,27?/m0/s1. The lowest BCUT2D eigenvalue weighted by molar-refractivity contribution is -0.152. The van der Waals surface area contributed by atoms with Crippen molar-refractivity contribution >= 4 is 17.7 Å². The third-order valence-corrected chi connectivity index (χ3v) is 9.37. The Kier molecular flexibility index (Phi) is 8.82. The van der Waals surface area contributed by atoms with Crippen molar-refractivity contribution in [2.24, 2.45) is 17.8 Å². The van der Waals surface area contributed by atoms with E-state index in [4.69, 9.17) is 9.47 Å². The fourth-order valence-electron chi connectivity index (χ4n) is 7.14. The van der Waals surface area contributed by atoms with Gasteiger partial charge in [0.2, 0.25) is 17.7 Å². The van der Waals surface area contributed by atoms with Crippen LogP contribution in [-0.4, -0.2) is 108 Å². The molecule has 0 aromatic rings. The van der Waals surface area contributed by atoms with Gasteiger partial charge in [0.25, 0.3) is 0 Å². The van der Waals surface area contributed by atoms with Crippen LogP contribution >= 0.6 is 0 Å². The van der Waals surface area contributed by atoms with Crippen molar-refractivity contribution < 1.29 is 29.0 Å². The normalized spacial score (nSPS) is 34.9. The van der Waals surface area contributed by atoms with Crippen LogP contribution in [-0.2, 0) is 23.9 Å². The first kappa shape index (κ1) is 28.3. The molecule has 4 fully saturated rings. The van der Waals surface area contributed by atoms with E-state index in [1.807, 2.05) is 27.7 Å². The molecule has 0 aliphatic carbocycles. The smallest absolute Gasteiger partial charge is 0.245 e. The van der Waals surface area contributed by atoms with E-state index in [1.165, 1.54) is 0 Å². The maximum atomic E-state index is 14.2. The van der Waals surface area contributed by atoms with E-state index in [0.717, 1.165) is 25.9 Å². The number of rotatable bonds is 12. The number of morpholine rings is 1. The van der Waals surface area contributed by atoms with Crippen LogP contribution in [0, 0.1) is 17.8 Å². The van der Waals surface area contributed by atoms with Gasteiger partial charge in [0.15, 0.2) is 0 Å². The van der Waals surface area contributed by atoms with E-state index >= 15 is 0 Å². The molecule has 3 N–H and O–H groups in total.